The van der Waals surface area contributed by atoms with Crippen LogP contribution in [0, 0.1) is 5.82 Å². The molecule has 0 spiro atoms. The molecule has 1 aromatic heterocycles. The molecule has 110 valence electrons. The first kappa shape index (κ1) is 14.0. The van der Waals surface area contributed by atoms with Gasteiger partial charge in [0.25, 0.3) is 5.91 Å². The number of halogens is 1. The Kier molecular flexibility index (Phi) is 3.85. The molecule has 1 aromatic carbocycles. The SMILES string of the molecule is COc1cccc(F)c1C(=O)Nc1nc2c(s1)CNCC2. The third-order valence-corrected chi connectivity index (χ3v) is 4.26. The number of hydrogen-bond acceptors (Lipinski definition) is 5. The fourth-order valence-electron chi connectivity index (χ4n) is 2.23. The van der Waals surface area contributed by atoms with Gasteiger partial charge in [0.15, 0.2) is 5.13 Å². The predicted octanol–water partition coefficient (Wildman–Crippen LogP) is 2.19. The lowest BCUT2D eigenvalue weighted by Gasteiger charge is -2.09. The zero-order valence-corrected chi connectivity index (χ0v) is 12.2. The van der Waals surface area contributed by atoms with E-state index in [1.807, 2.05) is 0 Å². The van der Waals surface area contributed by atoms with E-state index in [4.69, 9.17) is 4.74 Å². The second-order valence-corrected chi connectivity index (χ2v) is 5.67. The molecule has 0 saturated heterocycles. The Morgan fingerprint density at radius 1 is 1.52 bits per heavy atom. The molecular weight excluding hydrogens is 293 g/mol. The van der Waals surface area contributed by atoms with E-state index in [1.165, 1.54) is 30.6 Å². The minimum absolute atomic E-state index is 0.105. The highest BCUT2D eigenvalue weighted by Crippen LogP contribution is 2.27. The van der Waals surface area contributed by atoms with Crippen LogP contribution in [0.3, 0.4) is 0 Å². The first-order valence-electron chi connectivity index (χ1n) is 6.52. The summed E-state index contributed by atoms with van der Waals surface area (Å²) in [6.45, 7) is 1.64. The Labute approximate surface area is 125 Å². The molecule has 0 unspecified atom stereocenters. The van der Waals surface area contributed by atoms with Gasteiger partial charge in [-0.1, -0.05) is 6.07 Å². The lowest BCUT2D eigenvalue weighted by atomic mass is 10.1. The van der Waals surface area contributed by atoms with Gasteiger partial charge < -0.3 is 10.1 Å². The zero-order valence-electron chi connectivity index (χ0n) is 11.4. The van der Waals surface area contributed by atoms with Gasteiger partial charge in [-0.2, -0.15) is 0 Å². The van der Waals surface area contributed by atoms with Crippen LogP contribution >= 0.6 is 11.3 Å². The van der Waals surface area contributed by atoms with Crippen molar-refractivity contribution < 1.29 is 13.9 Å². The molecule has 0 fully saturated rings. The van der Waals surface area contributed by atoms with Crippen molar-refractivity contribution in [3.05, 3.63) is 40.2 Å². The minimum atomic E-state index is -0.616. The van der Waals surface area contributed by atoms with Crippen molar-refractivity contribution in [3.63, 3.8) is 0 Å². The molecule has 0 bridgehead atoms. The second-order valence-electron chi connectivity index (χ2n) is 4.59. The Morgan fingerprint density at radius 3 is 3.14 bits per heavy atom. The van der Waals surface area contributed by atoms with Crippen molar-refractivity contribution in [1.82, 2.24) is 10.3 Å². The highest BCUT2D eigenvalue weighted by molar-refractivity contribution is 7.15. The molecule has 2 N–H and O–H groups in total. The smallest absolute Gasteiger partial charge is 0.264 e. The van der Waals surface area contributed by atoms with Gasteiger partial charge in [-0.25, -0.2) is 9.37 Å². The zero-order chi connectivity index (χ0) is 14.8. The molecule has 0 saturated carbocycles. The van der Waals surface area contributed by atoms with E-state index in [1.54, 1.807) is 6.07 Å². The van der Waals surface area contributed by atoms with Crippen LogP contribution in [0.5, 0.6) is 5.75 Å². The Morgan fingerprint density at radius 2 is 2.38 bits per heavy atom. The molecule has 0 atom stereocenters. The number of nitrogens with zero attached hydrogens (tertiary/aromatic N) is 1. The van der Waals surface area contributed by atoms with Gasteiger partial charge in [0.05, 0.1) is 12.8 Å². The van der Waals surface area contributed by atoms with Crippen LogP contribution in [0.1, 0.15) is 20.9 Å². The van der Waals surface area contributed by atoms with Crippen molar-refractivity contribution in [1.29, 1.82) is 0 Å². The van der Waals surface area contributed by atoms with E-state index in [-0.39, 0.29) is 11.3 Å². The Hall–Kier alpha value is -1.99. The molecular formula is C14H14FN3O2S. The van der Waals surface area contributed by atoms with Crippen molar-refractivity contribution in [2.45, 2.75) is 13.0 Å². The van der Waals surface area contributed by atoms with E-state index < -0.39 is 11.7 Å². The standard InChI is InChI=1S/C14H14FN3O2S/c1-20-10-4-2-3-8(15)12(10)13(19)18-14-17-9-5-6-16-7-11(9)21-14/h2-4,16H,5-7H2,1H3,(H,17,18,19). The molecule has 0 radical (unpaired) electrons. The minimum Gasteiger partial charge on any atom is -0.496 e. The molecule has 5 nitrogen and oxygen atoms in total. The summed E-state index contributed by atoms with van der Waals surface area (Å²) in [6, 6.07) is 4.28. The maximum Gasteiger partial charge on any atom is 0.264 e. The van der Waals surface area contributed by atoms with Crippen molar-refractivity contribution in [2.75, 3.05) is 19.0 Å². The van der Waals surface area contributed by atoms with Crippen molar-refractivity contribution in [3.8, 4) is 5.75 Å². The van der Waals surface area contributed by atoms with Crippen LogP contribution in [0.15, 0.2) is 18.2 Å². The molecule has 1 aliphatic rings. The number of carbonyl (C=O) groups excluding carboxylic acids is 1. The van der Waals surface area contributed by atoms with Crippen LogP contribution < -0.4 is 15.4 Å². The van der Waals surface area contributed by atoms with Crippen LogP contribution in [0.25, 0.3) is 0 Å². The number of hydrogen-bond donors (Lipinski definition) is 2. The quantitative estimate of drug-likeness (QED) is 0.912. The first-order chi connectivity index (χ1) is 10.2. The molecule has 3 rings (SSSR count). The molecule has 7 heteroatoms. The first-order valence-corrected chi connectivity index (χ1v) is 7.34. The van der Waals surface area contributed by atoms with Gasteiger partial charge in [-0.3, -0.25) is 10.1 Å². The molecule has 0 aliphatic carbocycles. The Bertz CT molecular complexity index is 663. The molecule has 2 heterocycles. The van der Waals surface area contributed by atoms with Crippen molar-refractivity contribution in [2.24, 2.45) is 0 Å². The number of methoxy groups -OCH3 is 1. The third-order valence-electron chi connectivity index (χ3n) is 3.25. The topological polar surface area (TPSA) is 63.2 Å². The second kappa shape index (κ2) is 5.79. The lowest BCUT2D eigenvalue weighted by Crippen LogP contribution is -2.22. The fourth-order valence-corrected chi connectivity index (χ4v) is 3.21. The van der Waals surface area contributed by atoms with Gasteiger partial charge in [-0.15, -0.1) is 11.3 Å². The molecule has 21 heavy (non-hydrogen) atoms. The maximum absolute atomic E-state index is 13.8. The summed E-state index contributed by atoms with van der Waals surface area (Å²) < 4.78 is 18.9. The summed E-state index contributed by atoms with van der Waals surface area (Å²) in [5.74, 6) is -0.964. The summed E-state index contributed by atoms with van der Waals surface area (Å²) in [7, 11) is 1.40. The summed E-state index contributed by atoms with van der Waals surface area (Å²) in [5.41, 5.74) is 0.890. The number of amides is 1. The largest absolute Gasteiger partial charge is 0.496 e. The van der Waals surface area contributed by atoms with E-state index in [2.05, 4.69) is 15.6 Å². The molecule has 1 amide bonds. The Balaban J connectivity index is 1.85. The number of thiazole rings is 1. The number of fused-ring (bicyclic) bond motifs is 1. The van der Waals surface area contributed by atoms with E-state index in [0.29, 0.717) is 5.13 Å². The summed E-state index contributed by atoms with van der Waals surface area (Å²) in [5, 5.41) is 6.38. The predicted molar refractivity (Wildman–Crippen MR) is 78.4 cm³/mol. The summed E-state index contributed by atoms with van der Waals surface area (Å²) >= 11 is 1.41. The molecule has 2 aromatic rings. The highest BCUT2D eigenvalue weighted by Gasteiger charge is 2.20. The van der Waals surface area contributed by atoms with Crippen LogP contribution in [-0.2, 0) is 13.0 Å². The van der Waals surface area contributed by atoms with E-state index >= 15 is 0 Å². The van der Waals surface area contributed by atoms with Gasteiger partial charge in [0.1, 0.15) is 17.1 Å². The normalized spacial score (nSPS) is 13.6. The third kappa shape index (κ3) is 2.74. The monoisotopic (exact) mass is 307 g/mol. The number of rotatable bonds is 3. The molecule has 1 aliphatic heterocycles. The van der Waals surface area contributed by atoms with Crippen LogP contribution in [0.4, 0.5) is 9.52 Å². The number of ether oxygens (including phenoxy) is 1. The number of benzene rings is 1. The number of nitrogens with one attached hydrogen (secondary N) is 2. The highest BCUT2D eigenvalue weighted by atomic mass is 32.1. The van der Waals surface area contributed by atoms with E-state index in [9.17, 15) is 9.18 Å². The van der Waals surface area contributed by atoms with Gasteiger partial charge in [0, 0.05) is 24.4 Å². The number of carbonyl (C=O) groups is 1. The summed E-state index contributed by atoms with van der Waals surface area (Å²) in [4.78, 5) is 17.7. The van der Waals surface area contributed by atoms with Gasteiger partial charge in [-0.05, 0) is 12.1 Å². The van der Waals surface area contributed by atoms with Crippen LogP contribution in [-0.4, -0.2) is 24.5 Å². The van der Waals surface area contributed by atoms with Gasteiger partial charge >= 0.3 is 0 Å². The average Bonchev–Trinajstić information content (AvgIpc) is 2.88. The lowest BCUT2D eigenvalue weighted by molar-refractivity contribution is 0.102. The maximum atomic E-state index is 13.8. The number of aromatic nitrogens is 1. The average molecular weight is 307 g/mol. The van der Waals surface area contributed by atoms with Crippen molar-refractivity contribution >= 4 is 22.4 Å². The summed E-state index contributed by atoms with van der Waals surface area (Å²) in [6.07, 6.45) is 0.838. The van der Waals surface area contributed by atoms with Crippen LogP contribution in [0.2, 0.25) is 0 Å². The fraction of sp³-hybridized carbons (Fsp3) is 0.286. The van der Waals surface area contributed by atoms with E-state index in [0.717, 1.165) is 30.1 Å². The van der Waals surface area contributed by atoms with Gasteiger partial charge in [0.2, 0.25) is 0 Å². The number of anilines is 1.